The molecule has 4 aromatic rings. The molecule has 41 heavy (non-hydrogen) atoms. The molecule has 1 saturated heterocycles. The van der Waals surface area contributed by atoms with Gasteiger partial charge in [-0.2, -0.15) is 10.2 Å². The zero-order valence-electron chi connectivity index (χ0n) is 22.9. The molecule has 0 aliphatic carbocycles. The molecule has 12 heteroatoms. The Bertz CT molecular complexity index is 1490. The maximum absolute atomic E-state index is 14.1. The molecule has 0 bridgehead atoms. The van der Waals surface area contributed by atoms with Crippen molar-refractivity contribution < 1.29 is 23.4 Å². The lowest BCUT2D eigenvalue weighted by molar-refractivity contribution is 0.159. The lowest BCUT2D eigenvalue weighted by atomic mass is 9.94. The topological polar surface area (TPSA) is 109 Å². The van der Waals surface area contributed by atoms with Crippen LogP contribution in [-0.2, 0) is 11.3 Å². The summed E-state index contributed by atoms with van der Waals surface area (Å²) in [5, 5.41) is 24.4. The van der Waals surface area contributed by atoms with Crippen LogP contribution in [0.4, 0.5) is 19.4 Å². The second-order valence-electron chi connectivity index (χ2n) is 10.0. The number of methoxy groups -OCH3 is 1. The predicted octanol–water partition coefficient (Wildman–Crippen LogP) is 3.55. The number of hydrogen-bond donors (Lipinski definition) is 3. The molecule has 3 N–H and O–H groups in total. The molecule has 0 radical (unpaired) electrons. The molecule has 1 fully saturated rings. The SMILES string of the molecule is COCCN1C[C@@H](NC(=O)Nc2c(C)c(-c3cnn(CCO)c3)nn2-c2ccccc2)[C@H](c2ccc(F)c(F)c2)C1. The number of aliphatic hydroxyl groups excluding tert-OH is 1. The maximum Gasteiger partial charge on any atom is 0.320 e. The molecule has 2 atom stereocenters. The van der Waals surface area contributed by atoms with Gasteiger partial charge >= 0.3 is 6.03 Å². The summed E-state index contributed by atoms with van der Waals surface area (Å²) in [4.78, 5) is 15.6. The van der Waals surface area contributed by atoms with Crippen molar-refractivity contribution in [3.8, 4) is 16.9 Å². The third-order valence-electron chi connectivity index (χ3n) is 7.29. The number of anilines is 1. The van der Waals surface area contributed by atoms with Crippen LogP contribution < -0.4 is 10.6 Å². The van der Waals surface area contributed by atoms with Gasteiger partial charge in [0, 0.05) is 50.0 Å². The van der Waals surface area contributed by atoms with Crippen molar-refractivity contribution in [3.63, 3.8) is 0 Å². The Morgan fingerprint density at radius 3 is 2.66 bits per heavy atom. The van der Waals surface area contributed by atoms with E-state index in [0.29, 0.717) is 49.9 Å². The van der Waals surface area contributed by atoms with Crippen LogP contribution in [0.1, 0.15) is 17.0 Å². The van der Waals surface area contributed by atoms with Gasteiger partial charge in [-0.05, 0) is 36.8 Å². The second kappa shape index (κ2) is 12.6. The summed E-state index contributed by atoms with van der Waals surface area (Å²) in [6.45, 7) is 4.41. The number of aliphatic hydroxyl groups is 1. The fourth-order valence-electron chi connectivity index (χ4n) is 5.21. The summed E-state index contributed by atoms with van der Waals surface area (Å²) in [6.07, 6.45) is 3.47. The van der Waals surface area contributed by atoms with Crippen molar-refractivity contribution in [3.05, 3.63) is 83.7 Å². The second-order valence-corrected chi connectivity index (χ2v) is 10.0. The molecule has 2 aromatic heterocycles. The highest BCUT2D eigenvalue weighted by Crippen LogP contribution is 2.32. The first-order chi connectivity index (χ1) is 19.9. The van der Waals surface area contributed by atoms with Crippen LogP contribution in [0.3, 0.4) is 0 Å². The highest BCUT2D eigenvalue weighted by Gasteiger charge is 2.35. The number of carbonyl (C=O) groups excluding carboxylic acids is 1. The maximum atomic E-state index is 14.1. The number of benzene rings is 2. The molecule has 2 amide bonds. The molecule has 0 saturated carbocycles. The summed E-state index contributed by atoms with van der Waals surface area (Å²) in [5.74, 6) is -1.59. The van der Waals surface area contributed by atoms with Crippen molar-refractivity contribution in [2.45, 2.75) is 25.4 Å². The minimum absolute atomic E-state index is 0.0405. The fourth-order valence-corrected chi connectivity index (χ4v) is 5.21. The number of rotatable bonds is 10. The summed E-state index contributed by atoms with van der Waals surface area (Å²) in [6, 6.07) is 12.5. The smallest absolute Gasteiger partial charge is 0.320 e. The summed E-state index contributed by atoms with van der Waals surface area (Å²) in [7, 11) is 1.62. The Balaban J connectivity index is 1.42. The van der Waals surface area contributed by atoms with Crippen LogP contribution in [0.5, 0.6) is 0 Å². The van der Waals surface area contributed by atoms with Gasteiger partial charge in [-0.1, -0.05) is 24.3 Å². The highest BCUT2D eigenvalue weighted by atomic mass is 19.2. The summed E-state index contributed by atoms with van der Waals surface area (Å²) in [5.41, 5.74) is 3.49. The Hall–Kier alpha value is -4.13. The first kappa shape index (κ1) is 28.4. The Morgan fingerprint density at radius 2 is 1.93 bits per heavy atom. The molecule has 0 unspecified atom stereocenters. The van der Waals surface area contributed by atoms with Gasteiger partial charge in [0.1, 0.15) is 11.5 Å². The molecular formula is C29H33F2N7O3. The zero-order valence-corrected chi connectivity index (χ0v) is 22.9. The van der Waals surface area contributed by atoms with E-state index in [-0.39, 0.29) is 18.6 Å². The third kappa shape index (κ3) is 6.29. The number of carbonyl (C=O) groups is 1. The molecule has 2 aromatic carbocycles. The van der Waals surface area contributed by atoms with Crippen molar-refractivity contribution >= 4 is 11.8 Å². The van der Waals surface area contributed by atoms with Crippen LogP contribution >= 0.6 is 0 Å². The van der Waals surface area contributed by atoms with E-state index in [2.05, 4.69) is 20.6 Å². The van der Waals surface area contributed by atoms with Gasteiger partial charge in [-0.25, -0.2) is 18.3 Å². The third-order valence-corrected chi connectivity index (χ3v) is 7.29. The quantitative estimate of drug-likeness (QED) is 0.271. The zero-order chi connectivity index (χ0) is 28.9. The molecule has 10 nitrogen and oxygen atoms in total. The van der Waals surface area contributed by atoms with E-state index in [0.717, 1.165) is 22.9 Å². The van der Waals surface area contributed by atoms with Gasteiger partial charge in [0.15, 0.2) is 11.6 Å². The Labute approximate surface area is 236 Å². The molecule has 0 spiro atoms. The first-order valence-corrected chi connectivity index (χ1v) is 13.4. The van der Waals surface area contributed by atoms with Gasteiger partial charge in [0.25, 0.3) is 0 Å². The number of aromatic nitrogens is 4. The molecule has 1 aliphatic heterocycles. The molecule has 3 heterocycles. The number of halogens is 2. The minimum Gasteiger partial charge on any atom is -0.394 e. The number of nitrogens with one attached hydrogen (secondary N) is 2. The Morgan fingerprint density at radius 1 is 1.12 bits per heavy atom. The van der Waals surface area contributed by atoms with Crippen LogP contribution in [0.15, 0.2) is 60.9 Å². The molecule has 5 rings (SSSR count). The Kier molecular flexibility index (Phi) is 8.72. The van der Waals surface area contributed by atoms with E-state index in [1.165, 1.54) is 6.07 Å². The van der Waals surface area contributed by atoms with E-state index in [9.17, 15) is 18.7 Å². The first-order valence-electron chi connectivity index (χ1n) is 13.4. The molecule has 1 aliphatic rings. The lowest BCUT2D eigenvalue weighted by Crippen LogP contribution is -2.42. The largest absolute Gasteiger partial charge is 0.394 e. The van der Waals surface area contributed by atoms with E-state index < -0.39 is 17.7 Å². The number of amides is 2. The number of nitrogens with zero attached hydrogens (tertiary/aromatic N) is 5. The number of para-hydroxylation sites is 1. The van der Waals surface area contributed by atoms with Gasteiger partial charge in [-0.15, -0.1) is 0 Å². The number of ether oxygens (including phenoxy) is 1. The van der Waals surface area contributed by atoms with Gasteiger partial charge in [-0.3, -0.25) is 14.9 Å². The van der Waals surface area contributed by atoms with Gasteiger partial charge < -0.3 is 15.2 Å². The van der Waals surface area contributed by atoms with E-state index in [1.54, 1.807) is 34.9 Å². The van der Waals surface area contributed by atoms with E-state index in [1.807, 2.05) is 37.3 Å². The van der Waals surface area contributed by atoms with Crippen LogP contribution in [0, 0.1) is 18.6 Å². The van der Waals surface area contributed by atoms with Crippen LogP contribution in [0.25, 0.3) is 16.9 Å². The van der Waals surface area contributed by atoms with Gasteiger partial charge in [0.2, 0.25) is 0 Å². The number of urea groups is 1. The number of hydrogen-bond acceptors (Lipinski definition) is 6. The predicted molar refractivity (Wildman–Crippen MR) is 150 cm³/mol. The highest BCUT2D eigenvalue weighted by molar-refractivity contribution is 5.91. The monoisotopic (exact) mass is 565 g/mol. The molecular weight excluding hydrogens is 532 g/mol. The summed E-state index contributed by atoms with van der Waals surface area (Å²) >= 11 is 0. The fraction of sp³-hybridized carbons (Fsp3) is 0.345. The lowest BCUT2D eigenvalue weighted by Gasteiger charge is -2.21. The molecule has 216 valence electrons. The normalized spacial score (nSPS) is 17.2. The average molecular weight is 566 g/mol. The van der Waals surface area contributed by atoms with Crippen LogP contribution in [0.2, 0.25) is 0 Å². The van der Waals surface area contributed by atoms with E-state index in [4.69, 9.17) is 9.84 Å². The van der Waals surface area contributed by atoms with Crippen LogP contribution in [-0.4, -0.2) is 81.6 Å². The van der Waals surface area contributed by atoms with E-state index >= 15 is 0 Å². The van der Waals surface area contributed by atoms with Crippen molar-refractivity contribution in [2.24, 2.45) is 0 Å². The van der Waals surface area contributed by atoms with Crippen molar-refractivity contribution in [1.29, 1.82) is 0 Å². The van der Waals surface area contributed by atoms with Gasteiger partial charge in [0.05, 0.1) is 37.7 Å². The average Bonchev–Trinajstić information content (AvgIpc) is 3.68. The minimum atomic E-state index is -0.918. The van der Waals surface area contributed by atoms with Crippen molar-refractivity contribution in [2.75, 3.05) is 45.3 Å². The standard InChI is InChI=1S/C29H33F2N7O3/c1-19-27(21-15-32-37(16-21)10-12-39)35-38(22-6-4-3-5-7-22)28(19)34-29(40)33-26-18-36(11-13-41-2)17-23(26)20-8-9-24(30)25(31)14-20/h3-9,14-16,23,26,39H,10-13,17-18H2,1-2H3,(H2,33,34,40)/t23-,26+/m0/s1. The van der Waals surface area contributed by atoms with Crippen molar-refractivity contribution in [1.82, 2.24) is 29.8 Å². The summed E-state index contributed by atoms with van der Waals surface area (Å²) < 4.78 is 36.3. The number of likely N-dealkylation sites (tertiary alicyclic amines) is 1.